The molecule has 0 aliphatic heterocycles. The molecule has 0 fully saturated rings. The second kappa shape index (κ2) is 4.67. The molecular formula is C12H11N3O2S2. The number of nitrogens with zero attached hydrogens (tertiary/aromatic N) is 2. The number of hydrogen-bond acceptors (Lipinski definition) is 6. The highest BCUT2D eigenvalue weighted by molar-refractivity contribution is 7.15. The van der Waals surface area contributed by atoms with Crippen molar-refractivity contribution in [1.82, 2.24) is 9.38 Å². The van der Waals surface area contributed by atoms with Crippen LogP contribution in [0.25, 0.3) is 15.5 Å². The smallest absolute Gasteiger partial charge is 0.356 e. The van der Waals surface area contributed by atoms with Gasteiger partial charge in [0, 0.05) is 5.38 Å². The Balaban J connectivity index is 2.15. The Bertz CT molecular complexity index is 728. The molecule has 3 heterocycles. The molecule has 2 N–H and O–H groups in total. The lowest BCUT2D eigenvalue weighted by Gasteiger charge is -2.01. The van der Waals surface area contributed by atoms with Crippen LogP contribution in [-0.2, 0) is 4.74 Å². The maximum atomic E-state index is 11.9. The first kappa shape index (κ1) is 12.2. The molecule has 0 aliphatic rings. The van der Waals surface area contributed by atoms with E-state index in [1.54, 1.807) is 28.0 Å². The lowest BCUT2D eigenvalue weighted by Crippen LogP contribution is -2.08. The van der Waals surface area contributed by atoms with E-state index in [4.69, 9.17) is 10.5 Å². The summed E-state index contributed by atoms with van der Waals surface area (Å²) < 4.78 is 6.67. The summed E-state index contributed by atoms with van der Waals surface area (Å²) >= 11 is 2.94. The Morgan fingerprint density at radius 3 is 3.05 bits per heavy atom. The molecule has 0 saturated carbocycles. The topological polar surface area (TPSA) is 69.6 Å². The molecule has 7 heteroatoms. The summed E-state index contributed by atoms with van der Waals surface area (Å²) in [7, 11) is 0. The SMILES string of the molecule is CCOC(=O)c1csc2nc(-c3cccs3)c(N)n12. The first-order valence-corrected chi connectivity index (χ1v) is 7.44. The van der Waals surface area contributed by atoms with E-state index < -0.39 is 0 Å². The number of thiophene rings is 1. The van der Waals surface area contributed by atoms with Crippen molar-refractivity contribution in [2.45, 2.75) is 6.92 Å². The van der Waals surface area contributed by atoms with Gasteiger partial charge in [-0.05, 0) is 18.4 Å². The molecule has 3 aromatic heterocycles. The number of fused-ring (bicyclic) bond motifs is 1. The van der Waals surface area contributed by atoms with Crippen molar-refractivity contribution in [3.63, 3.8) is 0 Å². The van der Waals surface area contributed by atoms with Crippen molar-refractivity contribution in [2.75, 3.05) is 12.3 Å². The first-order chi connectivity index (χ1) is 9.22. The molecule has 0 amide bonds. The number of rotatable bonds is 3. The quantitative estimate of drug-likeness (QED) is 0.754. The molecular weight excluding hydrogens is 282 g/mol. The summed E-state index contributed by atoms with van der Waals surface area (Å²) in [6.07, 6.45) is 0. The van der Waals surface area contributed by atoms with Crippen LogP contribution in [0.3, 0.4) is 0 Å². The van der Waals surface area contributed by atoms with E-state index >= 15 is 0 Å². The third-order valence-electron chi connectivity index (χ3n) is 2.64. The number of aromatic nitrogens is 2. The highest BCUT2D eigenvalue weighted by atomic mass is 32.1. The number of nitrogens with two attached hydrogens (primary N) is 1. The van der Waals surface area contributed by atoms with Gasteiger partial charge in [-0.25, -0.2) is 9.78 Å². The summed E-state index contributed by atoms with van der Waals surface area (Å²) in [4.78, 5) is 18.0. The summed E-state index contributed by atoms with van der Waals surface area (Å²) in [5, 5.41) is 3.68. The fourth-order valence-corrected chi connectivity index (χ4v) is 3.41. The molecule has 0 atom stereocenters. The van der Waals surface area contributed by atoms with Crippen molar-refractivity contribution in [1.29, 1.82) is 0 Å². The van der Waals surface area contributed by atoms with Crippen molar-refractivity contribution in [3.05, 3.63) is 28.6 Å². The number of ether oxygens (including phenoxy) is 1. The fourth-order valence-electron chi connectivity index (χ4n) is 1.82. The molecule has 0 aliphatic carbocycles. The fraction of sp³-hybridized carbons (Fsp3) is 0.167. The van der Waals surface area contributed by atoms with Gasteiger partial charge in [0.2, 0.25) is 0 Å². The number of carbonyl (C=O) groups excluding carboxylic acids is 1. The molecule has 98 valence electrons. The van der Waals surface area contributed by atoms with Crippen LogP contribution in [0.15, 0.2) is 22.9 Å². The number of anilines is 1. The summed E-state index contributed by atoms with van der Waals surface area (Å²) in [6.45, 7) is 2.11. The molecule has 0 radical (unpaired) electrons. The van der Waals surface area contributed by atoms with Crippen molar-refractivity contribution >= 4 is 39.4 Å². The maximum absolute atomic E-state index is 11.9. The Hall–Kier alpha value is -1.86. The zero-order valence-corrected chi connectivity index (χ0v) is 11.8. The van der Waals surface area contributed by atoms with E-state index in [1.165, 1.54) is 11.3 Å². The minimum Gasteiger partial charge on any atom is -0.461 e. The summed E-state index contributed by atoms with van der Waals surface area (Å²) in [5.74, 6) is 0.0948. The van der Waals surface area contributed by atoms with Gasteiger partial charge in [0.25, 0.3) is 0 Å². The third-order valence-corrected chi connectivity index (χ3v) is 4.34. The van der Waals surface area contributed by atoms with Gasteiger partial charge < -0.3 is 10.5 Å². The second-order valence-electron chi connectivity index (χ2n) is 3.78. The van der Waals surface area contributed by atoms with Gasteiger partial charge in [-0.3, -0.25) is 4.40 Å². The highest BCUT2D eigenvalue weighted by Gasteiger charge is 2.20. The van der Waals surface area contributed by atoms with Crippen LogP contribution in [0.2, 0.25) is 0 Å². The van der Waals surface area contributed by atoms with Gasteiger partial charge in [-0.2, -0.15) is 0 Å². The third kappa shape index (κ3) is 1.91. The van der Waals surface area contributed by atoms with Gasteiger partial charge in [-0.15, -0.1) is 22.7 Å². The van der Waals surface area contributed by atoms with E-state index in [0.29, 0.717) is 28.8 Å². The predicted octanol–water partition coefficient (Wildman–Crippen LogP) is 2.88. The van der Waals surface area contributed by atoms with Gasteiger partial charge in [-0.1, -0.05) is 6.07 Å². The monoisotopic (exact) mass is 293 g/mol. The first-order valence-electron chi connectivity index (χ1n) is 5.68. The van der Waals surface area contributed by atoms with Crippen molar-refractivity contribution < 1.29 is 9.53 Å². The average Bonchev–Trinajstić information content (AvgIpc) is 3.07. The van der Waals surface area contributed by atoms with Crippen LogP contribution in [0.4, 0.5) is 5.82 Å². The standard InChI is InChI=1S/C12H11N3O2S2/c1-2-17-11(16)7-6-19-12-14-9(10(13)15(7)12)8-4-3-5-18-8/h3-6H,2,13H2,1H3. The minimum atomic E-state index is -0.379. The Labute approximate surface area is 117 Å². The molecule has 0 spiro atoms. The highest BCUT2D eigenvalue weighted by Crippen LogP contribution is 2.32. The average molecular weight is 293 g/mol. The Morgan fingerprint density at radius 2 is 2.37 bits per heavy atom. The largest absolute Gasteiger partial charge is 0.461 e. The summed E-state index contributed by atoms with van der Waals surface area (Å²) in [5.41, 5.74) is 7.26. The van der Waals surface area contributed by atoms with Crippen LogP contribution in [0.1, 0.15) is 17.4 Å². The predicted molar refractivity (Wildman–Crippen MR) is 76.8 cm³/mol. The number of imidazole rings is 1. The van der Waals surface area contributed by atoms with Crippen molar-refractivity contribution in [3.8, 4) is 10.6 Å². The normalized spacial score (nSPS) is 11.0. The van der Waals surface area contributed by atoms with E-state index in [1.807, 2.05) is 17.5 Å². The maximum Gasteiger partial charge on any atom is 0.356 e. The number of hydrogen-bond donors (Lipinski definition) is 1. The van der Waals surface area contributed by atoms with E-state index in [-0.39, 0.29) is 5.97 Å². The molecule has 3 rings (SSSR count). The lowest BCUT2D eigenvalue weighted by atomic mass is 10.3. The molecule has 3 aromatic rings. The summed E-state index contributed by atoms with van der Waals surface area (Å²) in [6, 6.07) is 3.90. The Kier molecular flexibility index (Phi) is 3.00. The van der Waals surface area contributed by atoms with E-state index in [2.05, 4.69) is 4.98 Å². The van der Waals surface area contributed by atoms with Gasteiger partial charge >= 0.3 is 5.97 Å². The molecule has 0 bridgehead atoms. The van der Waals surface area contributed by atoms with Crippen LogP contribution in [0, 0.1) is 0 Å². The van der Waals surface area contributed by atoms with Crippen LogP contribution in [0.5, 0.6) is 0 Å². The number of thiazole rings is 1. The van der Waals surface area contributed by atoms with E-state index in [9.17, 15) is 4.79 Å². The van der Waals surface area contributed by atoms with Gasteiger partial charge in [0.15, 0.2) is 4.96 Å². The van der Waals surface area contributed by atoms with Crippen LogP contribution in [-0.4, -0.2) is 22.0 Å². The molecule has 0 aromatic carbocycles. The number of nitrogen functional groups attached to an aromatic ring is 1. The zero-order chi connectivity index (χ0) is 13.4. The van der Waals surface area contributed by atoms with Crippen molar-refractivity contribution in [2.24, 2.45) is 0 Å². The molecule has 19 heavy (non-hydrogen) atoms. The lowest BCUT2D eigenvalue weighted by molar-refractivity contribution is 0.0519. The van der Waals surface area contributed by atoms with Crippen LogP contribution < -0.4 is 5.73 Å². The van der Waals surface area contributed by atoms with Gasteiger partial charge in [0.1, 0.15) is 17.2 Å². The number of carbonyl (C=O) groups is 1. The zero-order valence-electron chi connectivity index (χ0n) is 10.1. The Morgan fingerprint density at radius 1 is 1.53 bits per heavy atom. The number of esters is 1. The van der Waals surface area contributed by atoms with Gasteiger partial charge in [0.05, 0.1) is 11.5 Å². The van der Waals surface area contributed by atoms with E-state index in [0.717, 1.165) is 4.88 Å². The minimum absolute atomic E-state index is 0.336. The van der Waals surface area contributed by atoms with Crippen LogP contribution >= 0.6 is 22.7 Å². The molecule has 0 saturated heterocycles. The molecule has 5 nitrogen and oxygen atoms in total. The second-order valence-corrected chi connectivity index (χ2v) is 5.57. The molecule has 0 unspecified atom stereocenters.